The van der Waals surface area contributed by atoms with Crippen LogP contribution in [-0.4, -0.2) is 15.1 Å². The van der Waals surface area contributed by atoms with Crippen molar-refractivity contribution in [1.82, 2.24) is 0 Å². The van der Waals surface area contributed by atoms with E-state index in [0.29, 0.717) is 21.8 Å². The SMILES string of the molecule is O=[N+]([O-])c1ccc(Sc2ccc(Cl)cc2)c(CNc2cccc(CO)c2O)c1. The van der Waals surface area contributed by atoms with Gasteiger partial charge < -0.3 is 15.5 Å². The number of nitrogens with one attached hydrogen (secondary N) is 1. The van der Waals surface area contributed by atoms with Gasteiger partial charge in [-0.1, -0.05) is 35.5 Å². The number of non-ortho nitro benzene ring substituents is 1. The van der Waals surface area contributed by atoms with Crippen LogP contribution in [0.4, 0.5) is 11.4 Å². The average molecular weight is 417 g/mol. The highest BCUT2D eigenvalue weighted by Gasteiger charge is 2.13. The Kier molecular flexibility index (Phi) is 6.41. The highest BCUT2D eigenvalue weighted by Crippen LogP contribution is 2.34. The van der Waals surface area contributed by atoms with Gasteiger partial charge in [-0.05, 0) is 42.0 Å². The van der Waals surface area contributed by atoms with Gasteiger partial charge in [-0.2, -0.15) is 0 Å². The first-order valence-electron chi connectivity index (χ1n) is 8.34. The third kappa shape index (κ3) is 4.75. The number of nitro groups is 1. The highest BCUT2D eigenvalue weighted by atomic mass is 35.5. The van der Waals surface area contributed by atoms with E-state index in [1.165, 1.54) is 23.9 Å². The minimum Gasteiger partial charge on any atom is -0.505 e. The Balaban J connectivity index is 1.88. The predicted molar refractivity (Wildman–Crippen MR) is 110 cm³/mol. The zero-order valence-electron chi connectivity index (χ0n) is 14.6. The van der Waals surface area contributed by atoms with E-state index in [1.807, 2.05) is 12.1 Å². The fraction of sp³-hybridized carbons (Fsp3) is 0.100. The number of hydrogen-bond donors (Lipinski definition) is 3. The molecule has 3 N–H and O–H groups in total. The molecule has 0 aliphatic carbocycles. The van der Waals surface area contributed by atoms with Crippen molar-refractivity contribution in [2.24, 2.45) is 0 Å². The van der Waals surface area contributed by atoms with Crippen molar-refractivity contribution in [3.05, 3.63) is 86.9 Å². The highest BCUT2D eigenvalue weighted by molar-refractivity contribution is 7.99. The van der Waals surface area contributed by atoms with Gasteiger partial charge in [0, 0.05) is 39.1 Å². The second-order valence-electron chi connectivity index (χ2n) is 5.93. The van der Waals surface area contributed by atoms with Crippen LogP contribution < -0.4 is 5.32 Å². The predicted octanol–water partition coefficient (Wildman–Crippen LogP) is 5.21. The van der Waals surface area contributed by atoms with E-state index in [-0.39, 0.29) is 24.6 Å². The zero-order chi connectivity index (χ0) is 20.1. The lowest BCUT2D eigenvalue weighted by atomic mass is 10.1. The maximum absolute atomic E-state index is 11.2. The molecule has 8 heteroatoms. The molecule has 0 unspecified atom stereocenters. The van der Waals surface area contributed by atoms with E-state index >= 15 is 0 Å². The number of halogens is 1. The maximum Gasteiger partial charge on any atom is 0.269 e. The molecular weight excluding hydrogens is 400 g/mol. The minimum atomic E-state index is -0.440. The zero-order valence-corrected chi connectivity index (χ0v) is 16.2. The lowest BCUT2D eigenvalue weighted by Gasteiger charge is -2.13. The molecule has 0 amide bonds. The average Bonchev–Trinajstić information content (AvgIpc) is 2.69. The first-order chi connectivity index (χ1) is 13.5. The second-order valence-corrected chi connectivity index (χ2v) is 7.48. The molecule has 0 atom stereocenters. The van der Waals surface area contributed by atoms with Crippen molar-refractivity contribution in [2.75, 3.05) is 5.32 Å². The summed E-state index contributed by atoms with van der Waals surface area (Å²) in [5.41, 5.74) is 1.55. The molecule has 0 fully saturated rings. The second kappa shape index (κ2) is 8.97. The number of nitrogens with zero attached hydrogens (tertiary/aromatic N) is 1. The number of aliphatic hydroxyl groups excluding tert-OH is 1. The van der Waals surface area contributed by atoms with E-state index in [1.54, 1.807) is 36.4 Å². The van der Waals surface area contributed by atoms with Crippen LogP contribution in [0.25, 0.3) is 0 Å². The molecule has 0 aliphatic rings. The Morgan fingerprint density at radius 3 is 2.50 bits per heavy atom. The molecule has 0 bridgehead atoms. The molecular formula is C20H17ClN2O4S. The molecule has 144 valence electrons. The van der Waals surface area contributed by atoms with E-state index < -0.39 is 4.92 Å². The van der Waals surface area contributed by atoms with Crippen LogP contribution in [0.15, 0.2) is 70.5 Å². The van der Waals surface area contributed by atoms with Crippen molar-refractivity contribution >= 4 is 34.7 Å². The molecule has 0 aliphatic heterocycles. The normalized spacial score (nSPS) is 10.6. The Bertz CT molecular complexity index is 996. The quantitative estimate of drug-likeness (QED) is 0.278. The first kappa shape index (κ1) is 20.0. The first-order valence-corrected chi connectivity index (χ1v) is 9.53. The molecule has 6 nitrogen and oxygen atoms in total. The van der Waals surface area contributed by atoms with Gasteiger partial charge in [-0.3, -0.25) is 10.1 Å². The number of aliphatic hydroxyl groups is 1. The molecule has 28 heavy (non-hydrogen) atoms. The van der Waals surface area contributed by atoms with E-state index in [9.17, 15) is 20.3 Å². The molecule has 0 saturated heterocycles. The summed E-state index contributed by atoms with van der Waals surface area (Å²) in [7, 11) is 0. The van der Waals surface area contributed by atoms with Crippen LogP contribution in [0.5, 0.6) is 5.75 Å². The standard InChI is InChI=1S/C20H17ClN2O4S/c21-15-4-7-17(8-5-15)28-19-9-6-16(23(26)27)10-14(19)11-22-18-3-1-2-13(12-24)20(18)25/h1-10,22,24-25H,11-12H2. The van der Waals surface area contributed by atoms with Gasteiger partial charge in [0.2, 0.25) is 0 Å². The van der Waals surface area contributed by atoms with Gasteiger partial charge in [0.25, 0.3) is 5.69 Å². The van der Waals surface area contributed by atoms with Crippen LogP contribution >= 0.6 is 23.4 Å². The van der Waals surface area contributed by atoms with Gasteiger partial charge in [0.1, 0.15) is 5.75 Å². The number of aromatic hydroxyl groups is 1. The van der Waals surface area contributed by atoms with Crippen molar-refractivity contribution < 1.29 is 15.1 Å². The number of para-hydroxylation sites is 1. The van der Waals surface area contributed by atoms with Gasteiger partial charge in [0.15, 0.2) is 0 Å². The van der Waals surface area contributed by atoms with Gasteiger partial charge in [-0.15, -0.1) is 0 Å². The van der Waals surface area contributed by atoms with Crippen LogP contribution in [0.3, 0.4) is 0 Å². The molecule has 3 aromatic carbocycles. The summed E-state index contributed by atoms with van der Waals surface area (Å²) in [4.78, 5) is 12.5. The van der Waals surface area contributed by atoms with E-state index in [2.05, 4.69) is 5.32 Å². The lowest BCUT2D eigenvalue weighted by molar-refractivity contribution is -0.385. The van der Waals surface area contributed by atoms with Crippen molar-refractivity contribution in [2.45, 2.75) is 22.9 Å². The van der Waals surface area contributed by atoms with Crippen molar-refractivity contribution in [1.29, 1.82) is 0 Å². The van der Waals surface area contributed by atoms with Crippen molar-refractivity contribution in [3.8, 4) is 5.75 Å². The molecule has 3 rings (SSSR count). The van der Waals surface area contributed by atoms with Gasteiger partial charge >= 0.3 is 0 Å². The Labute approximate surface area is 170 Å². The molecule has 0 spiro atoms. The number of benzene rings is 3. The van der Waals surface area contributed by atoms with Crippen molar-refractivity contribution in [3.63, 3.8) is 0 Å². The molecule has 0 radical (unpaired) electrons. The summed E-state index contributed by atoms with van der Waals surface area (Å²) >= 11 is 7.39. The summed E-state index contributed by atoms with van der Waals surface area (Å²) in [5.74, 6) is -0.0395. The Morgan fingerprint density at radius 2 is 1.82 bits per heavy atom. The van der Waals surface area contributed by atoms with Crippen LogP contribution in [0, 0.1) is 10.1 Å². The smallest absolute Gasteiger partial charge is 0.269 e. The Hall–Kier alpha value is -2.74. The summed E-state index contributed by atoms with van der Waals surface area (Å²) in [5, 5.41) is 34.4. The molecule has 0 heterocycles. The monoisotopic (exact) mass is 416 g/mol. The summed E-state index contributed by atoms with van der Waals surface area (Å²) in [6.07, 6.45) is 0. The van der Waals surface area contributed by atoms with E-state index in [0.717, 1.165) is 9.79 Å². The van der Waals surface area contributed by atoms with Gasteiger partial charge in [-0.25, -0.2) is 0 Å². The number of anilines is 1. The fourth-order valence-corrected chi connectivity index (χ4v) is 3.65. The van der Waals surface area contributed by atoms with Crippen LogP contribution in [0.1, 0.15) is 11.1 Å². The lowest BCUT2D eigenvalue weighted by Crippen LogP contribution is -2.03. The number of hydrogen-bond acceptors (Lipinski definition) is 6. The third-order valence-electron chi connectivity index (χ3n) is 4.06. The fourth-order valence-electron chi connectivity index (χ4n) is 2.60. The minimum absolute atomic E-state index is 0.00872. The third-order valence-corrected chi connectivity index (χ3v) is 5.43. The summed E-state index contributed by atoms with van der Waals surface area (Å²) in [6.45, 7) is -0.0180. The summed E-state index contributed by atoms with van der Waals surface area (Å²) in [6, 6.07) is 17.0. The van der Waals surface area contributed by atoms with Crippen LogP contribution in [-0.2, 0) is 13.2 Å². The topological polar surface area (TPSA) is 95.6 Å². The maximum atomic E-state index is 11.2. The molecule has 3 aromatic rings. The number of rotatable bonds is 7. The molecule has 0 saturated carbocycles. The number of nitro benzene ring substituents is 1. The van der Waals surface area contributed by atoms with E-state index in [4.69, 9.17) is 11.6 Å². The van der Waals surface area contributed by atoms with Crippen LogP contribution in [0.2, 0.25) is 5.02 Å². The largest absolute Gasteiger partial charge is 0.505 e. The number of phenols is 1. The molecule has 0 aromatic heterocycles. The Morgan fingerprint density at radius 1 is 1.07 bits per heavy atom. The summed E-state index contributed by atoms with van der Waals surface area (Å²) < 4.78 is 0. The van der Waals surface area contributed by atoms with Gasteiger partial charge in [0.05, 0.1) is 17.2 Å².